The van der Waals surface area contributed by atoms with Crippen LogP contribution in [0.25, 0.3) is 0 Å². The molecular weight excluding hydrogens is 315 g/mol. The molecule has 0 fully saturated rings. The van der Waals surface area contributed by atoms with Gasteiger partial charge in [-0.1, -0.05) is 25.1 Å². The molecule has 2 aromatic rings. The van der Waals surface area contributed by atoms with Crippen LogP contribution in [0.15, 0.2) is 42.6 Å². The van der Waals surface area contributed by atoms with Gasteiger partial charge in [0.15, 0.2) is 5.82 Å². The van der Waals surface area contributed by atoms with Gasteiger partial charge >= 0.3 is 6.09 Å². The second-order valence-corrected chi connectivity index (χ2v) is 4.94. The number of amides is 2. The summed E-state index contributed by atoms with van der Waals surface area (Å²) < 4.78 is 13.5. The number of nitrogens with one attached hydrogen (secondary N) is 3. The van der Waals surface area contributed by atoms with Crippen molar-refractivity contribution in [2.24, 2.45) is 0 Å². The minimum absolute atomic E-state index is 0.120. The summed E-state index contributed by atoms with van der Waals surface area (Å²) in [5.41, 5.74) is 0.831. The van der Waals surface area contributed by atoms with Crippen molar-refractivity contribution in [1.82, 2.24) is 10.3 Å². The monoisotopic (exact) mass is 332 g/mol. The predicted octanol–water partition coefficient (Wildman–Crippen LogP) is 2.95. The minimum Gasteiger partial charge on any atom is -0.465 e. The van der Waals surface area contributed by atoms with E-state index in [0.717, 1.165) is 12.3 Å². The lowest BCUT2D eigenvalue weighted by Gasteiger charge is -2.17. The van der Waals surface area contributed by atoms with Gasteiger partial charge in [-0.15, -0.1) is 0 Å². The summed E-state index contributed by atoms with van der Waals surface area (Å²) in [5.74, 6) is -0.965. The van der Waals surface area contributed by atoms with Gasteiger partial charge in [-0.2, -0.15) is 0 Å². The first-order chi connectivity index (χ1) is 11.5. The first-order valence-electron chi connectivity index (χ1n) is 7.27. The number of rotatable bonds is 6. The second kappa shape index (κ2) is 7.91. The maximum Gasteiger partial charge on any atom is 0.405 e. The first-order valence-corrected chi connectivity index (χ1v) is 7.27. The number of carbonyl (C=O) groups excluding carboxylic acids is 1. The summed E-state index contributed by atoms with van der Waals surface area (Å²) in [6.07, 6.45) is -0.0345. The summed E-state index contributed by atoms with van der Waals surface area (Å²) in [6, 6.07) is 9.21. The van der Waals surface area contributed by atoms with E-state index in [1.54, 1.807) is 19.1 Å². The highest BCUT2D eigenvalue weighted by Crippen LogP contribution is 2.24. The standard InChI is InChI=1S/C16H17FN4O3/c1-2-12(21-16(23)24)15(22)20-13-8-10(17)9-18-14(13)19-11-6-4-3-5-7-11/h3-9,12,21H,2H2,1H3,(H,18,19)(H,20,22)(H,23,24). The number of carbonyl (C=O) groups is 2. The van der Waals surface area contributed by atoms with Gasteiger partial charge in [-0.3, -0.25) is 4.79 Å². The zero-order valence-corrected chi connectivity index (χ0v) is 12.9. The molecule has 0 aliphatic carbocycles. The molecule has 2 amide bonds. The van der Waals surface area contributed by atoms with Crippen LogP contribution in [0.3, 0.4) is 0 Å². The van der Waals surface area contributed by atoms with Crippen LogP contribution in [0.4, 0.5) is 26.4 Å². The molecule has 1 aromatic heterocycles. The van der Waals surface area contributed by atoms with E-state index in [9.17, 15) is 14.0 Å². The molecular formula is C16H17FN4O3. The zero-order chi connectivity index (χ0) is 17.5. The Balaban J connectivity index is 2.20. The van der Waals surface area contributed by atoms with Crippen molar-refractivity contribution < 1.29 is 19.1 Å². The fourth-order valence-electron chi connectivity index (χ4n) is 2.01. The van der Waals surface area contributed by atoms with Crippen LogP contribution in [-0.2, 0) is 4.79 Å². The average molecular weight is 332 g/mol. The smallest absolute Gasteiger partial charge is 0.405 e. The Bertz CT molecular complexity index is 725. The summed E-state index contributed by atoms with van der Waals surface area (Å²) in [5, 5.41) is 16.3. The molecule has 126 valence electrons. The van der Waals surface area contributed by atoms with Crippen LogP contribution in [0.2, 0.25) is 0 Å². The van der Waals surface area contributed by atoms with Crippen molar-refractivity contribution in [3.63, 3.8) is 0 Å². The van der Waals surface area contributed by atoms with Crippen molar-refractivity contribution in [2.45, 2.75) is 19.4 Å². The highest BCUT2D eigenvalue weighted by Gasteiger charge is 2.20. The number of halogens is 1. The molecule has 0 bridgehead atoms. The Morgan fingerprint density at radius 3 is 2.62 bits per heavy atom. The highest BCUT2D eigenvalue weighted by atomic mass is 19.1. The number of aromatic nitrogens is 1. The van der Waals surface area contributed by atoms with Gasteiger partial charge in [-0.05, 0) is 18.6 Å². The minimum atomic E-state index is -1.31. The van der Waals surface area contributed by atoms with E-state index in [-0.39, 0.29) is 17.9 Å². The van der Waals surface area contributed by atoms with Crippen LogP contribution in [0.1, 0.15) is 13.3 Å². The lowest BCUT2D eigenvalue weighted by Crippen LogP contribution is -2.42. The summed E-state index contributed by atoms with van der Waals surface area (Å²) in [7, 11) is 0. The predicted molar refractivity (Wildman–Crippen MR) is 87.8 cm³/mol. The van der Waals surface area contributed by atoms with E-state index < -0.39 is 23.9 Å². The topological polar surface area (TPSA) is 103 Å². The fourth-order valence-corrected chi connectivity index (χ4v) is 2.01. The molecule has 7 nitrogen and oxygen atoms in total. The zero-order valence-electron chi connectivity index (χ0n) is 12.9. The molecule has 24 heavy (non-hydrogen) atoms. The van der Waals surface area contributed by atoms with Crippen LogP contribution in [0.5, 0.6) is 0 Å². The van der Waals surface area contributed by atoms with E-state index in [1.165, 1.54) is 0 Å². The normalized spacial score (nSPS) is 11.4. The maximum atomic E-state index is 13.5. The van der Waals surface area contributed by atoms with Crippen molar-refractivity contribution >= 4 is 29.2 Å². The third-order valence-electron chi connectivity index (χ3n) is 3.17. The van der Waals surface area contributed by atoms with E-state index in [0.29, 0.717) is 5.69 Å². The number of anilines is 3. The van der Waals surface area contributed by atoms with Gasteiger partial charge in [0, 0.05) is 11.8 Å². The Hall–Kier alpha value is -3.16. The third kappa shape index (κ3) is 4.67. The van der Waals surface area contributed by atoms with E-state index in [1.807, 2.05) is 18.2 Å². The lowest BCUT2D eigenvalue weighted by molar-refractivity contribution is -0.118. The summed E-state index contributed by atoms with van der Waals surface area (Å²) in [6.45, 7) is 1.66. The number of hydrogen-bond donors (Lipinski definition) is 4. The summed E-state index contributed by atoms with van der Waals surface area (Å²) in [4.78, 5) is 26.8. The Morgan fingerprint density at radius 1 is 1.29 bits per heavy atom. The first kappa shape index (κ1) is 17.2. The van der Waals surface area contributed by atoms with Crippen molar-refractivity contribution in [3.8, 4) is 0 Å². The molecule has 8 heteroatoms. The molecule has 1 unspecified atom stereocenters. The number of carboxylic acid groups (broad SMARTS) is 1. The van der Waals surface area contributed by atoms with Crippen LogP contribution in [-0.4, -0.2) is 28.1 Å². The van der Waals surface area contributed by atoms with Gasteiger partial charge in [0.25, 0.3) is 0 Å². The van der Waals surface area contributed by atoms with Gasteiger partial charge in [-0.25, -0.2) is 14.2 Å². The largest absolute Gasteiger partial charge is 0.465 e. The molecule has 0 saturated carbocycles. The molecule has 2 rings (SSSR count). The van der Waals surface area contributed by atoms with Crippen molar-refractivity contribution in [3.05, 3.63) is 48.4 Å². The second-order valence-electron chi connectivity index (χ2n) is 4.94. The van der Waals surface area contributed by atoms with Crippen molar-refractivity contribution in [2.75, 3.05) is 10.6 Å². The quantitative estimate of drug-likeness (QED) is 0.651. The number of hydrogen-bond acceptors (Lipinski definition) is 4. The van der Waals surface area contributed by atoms with Gasteiger partial charge < -0.3 is 21.1 Å². The van der Waals surface area contributed by atoms with Gasteiger partial charge in [0.1, 0.15) is 11.9 Å². The van der Waals surface area contributed by atoms with Crippen LogP contribution < -0.4 is 16.0 Å². The molecule has 0 radical (unpaired) electrons. The Kier molecular flexibility index (Phi) is 5.67. The molecule has 1 atom stereocenters. The molecule has 4 N–H and O–H groups in total. The van der Waals surface area contributed by atoms with E-state index in [2.05, 4.69) is 20.9 Å². The van der Waals surface area contributed by atoms with Gasteiger partial charge in [0.05, 0.1) is 11.9 Å². The summed E-state index contributed by atoms with van der Waals surface area (Å²) >= 11 is 0. The van der Waals surface area contributed by atoms with Crippen LogP contribution >= 0.6 is 0 Å². The molecule has 0 spiro atoms. The molecule has 1 aromatic carbocycles. The van der Waals surface area contributed by atoms with E-state index in [4.69, 9.17) is 5.11 Å². The van der Waals surface area contributed by atoms with Crippen molar-refractivity contribution in [1.29, 1.82) is 0 Å². The molecule has 1 heterocycles. The average Bonchev–Trinajstić information content (AvgIpc) is 2.55. The molecule has 0 aliphatic rings. The van der Waals surface area contributed by atoms with Gasteiger partial charge in [0.2, 0.25) is 5.91 Å². The third-order valence-corrected chi connectivity index (χ3v) is 3.17. The van der Waals surface area contributed by atoms with Crippen LogP contribution in [0, 0.1) is 5.82 Å². The maximum absolute atomic E-state index is 13.5. The number of para-hydroxylation sites is 1. The van der Waals surface area contributed by atoms with E-state index >= 15 is 0 Å². The highest BCUT2D eigenvalue weighted by molar-refractivity contribution is 5.98. The fraction of sp³-hybridized carbons (Fsp3) is 0.188. The SMILES string of the molecule is CCC(NC(=O)O)C(=O)Nc1cc(F)cnc1Nc1ccccc1. The number of nitrogens with zero attached hydrogens (tertiary/aromatic N) is 1. The molecule has 0 aliphatic heterocycles. The number of benzene rings is 1. The molecule has 0 saturated heterocycles. The lowest BCUT2D eigenvalue weighted by atomic mass is 10.2. The Labute approximate surface area is 137 Å². The number of pyridine rings is 1. The Morgan fingerprint density at radius 2 is 2.00 bits per heavy atom.